The Morgan fingerprint density at radius 1 is 1.24 bits per heavy atom. The van der Waals surface area contributed by atoms with E-state index in [4.69, 9.17) is 23.2 Å². The summed E-state index contributed by atoms with van der Waals surface area (Å²) in [5, 5.41) is 7.07. The minimum Gasteiger partial charge on any atom is -0.338 e. The first-order chi connectivity index (χ1) is 12.0. The van der Waals surface area contributed by atoms with Crippen LogP contribution in [-0.4, -0.2) is 32.4 Å². The fraction of sp³-hybridized carbons (Fsp3) is 0.368. The fourth-order valence-corrected chi connectivity index (χ4v) is 2.47. The normalized spacial score (nSPS) is 14.5. The van der Waals surface area contributed by atoms with Gasteiger partial charge in [0.1, 0.15) is 0 Å². The predicted molar refractivity (Wildman–Crippen MR) is 109 cm³/mol. The second kappa shape index (κ2) is 14.4. The van der Waals surface area contributed by atoms with Crippen molar-refractivity contribution < 1.29 is 4.79 Å². The van der Waals surface area contributed by atoms with Gasteiger partial charge in [-0.2, -0.15) is 0 Å². The number of carbonyl (C=O) groups excluding carboxylic acids is 1. The second-order valence-electron chi connectivity index (χ2n) is 5.23. The number of allylic oxidation sites excluding steroid dienone is 6. The largest absolute Gasteiger partial charge is 0.338 e. The van der Waals surface area contributed by atoms with E-state index in [0.717, 1.165) is 12.0 Å². The Labute approximate surface area is 160 Å². The number of carbonyl (C=O) groups is 1. The Balaban J connectivity index is 0.00000277. The standard InChI is InChI=1S/C17H23Cl2N3O.C2H2/c1-13(5-8-20-2)6-9-21-17(23)22-10-7-14-3-4-15(18)12-16(19)11-14;1-2/h3-5,8,11H,6-7,9-10,12H2,1-2H3,(H2,21,22,23);1-2H/b13-5+,20-8?;. The number of halogens is 2. The predicted octanol–water partition coefficient (Wildman–Crippen LogP) is 4.54. The van der Waals surface area contributed by atoms with Crippen molar-refractivity contribution in [2.24, 2.45) is 4.99 Å². The van der Waals surface area contributed by atoms with Crippen LogP contribution in [0, 0.1) is 12.8 Å². The summed E-state index contributed by atoms with van der Waals surface area (Å²) in [6.07, 6.45) is 19.4. The number of rotatable bonds is 7. The molecule has 2 N–H and O–H groups in total. The molecule has 2 amide bonds. The average Bonchev–Trinajstić information content (AvgIpc) is 2.75. The lowest BCUT2D eigenvalue weighted by atomic mass is 10.1. The molecule has 0 unspecified atom stereocenters. The minimum absolute atomic E-state index is 0.167. The highest BCUT2D eigenvalue weighted by Gasteiger charge is 2.05. The quantitative estimate of drug-likeness (QED) is 0.493. The first kappa shape index (κ1) is 23.0. The Kier molecular flexibility index (Phi) is 13.3. The van der Waals surface area contributed by atoms with Crippen LogP contribution in [0.5, 0.6) is 0 Å². The summed E-state index contributed by atoms with van der Waals surface area (Å²) in [6.45, 7) is 3.15. The topological polar surface area (TPSA) is 53.5 Å². The number of aliphatic imine (C=N–C) groups is 1. The SMILES string of the molecule is C#C.CN=C/C=C(\C)CCNC(=O)NCCC1=CC=C(Cl)CC(Cl)=C1. The van der Waals surface area contributed by atoms with Crippen LogP contribution in [0.25, 0.3) is 0 Å². The highest BCUT2D eigenvalue weighted by atomic mass is 35.5. The smallest absolute Gasteiger partial charge is 0.314 e. The maximum absolute atomic E-state index is 11.7. The summed E-state index contributed by atoms with van der Waals surface area (Å²) in [5.41, 5.74) is 2.21. The van der Waals surface area contributed by atoms with E-state index in [1.165, 1.54) is 5.57 Å². The van der Waals surface area contributed by atoms with Crippen molar-refractivity contribution in [2.75, 3.05) is 20.1 Å². The van der Waals surface area contributed by atoms with Crippen molar-refractivity contribution >= 4 is 35.4 Å². The van der Waals surface area contributed by atoms with E-state index in [-0.39, 0.29) is 6.03 Å². The summed E-state index contributed by atoms with van der Waals surface area (Å²) in [6, 6.07) is -0.167. The van der Waals surface area contributed by atoms with E-state index in [2.05, 4.69) is 28.5 Å². The molecule has 0 aliphatic heterocycles. The molecule has 0 aromatic carbocycles. The van der Waals surface area contributed by atoms with Gasteiger partial charge in [0, 0.05) is 42.8 Å². The summed E-state index contributed by atoms with van der Waals surface area (Å²) < 4.78 is 0. The zero-order valence-electron chi connectivity index (χ0n) is 14.7. The molecule has 0 spiro atoms. The molecule has 0 radical (unpaired) electrons. The minimum atomic E-state index is -0.167. The van der Waals surface area contributed by atoms with Crippen LogP contribution in [0.2, 0.25) is 0 Å². The van der Waals surface area contributed by atoms with Crippen LogP contribution in [0.4, 0.5) is 4.79 Å². The molecule has 0 aromatic rings. The first-order valence-electron chi connectivity index (χ1n) is 7.85. The second-order valence-corrected chi connectivity index (χ2v) is 6.20. The lowest BCUT2D eigenvalue weighted by Gasteiger charge is -2.08. The van der Waals surface area contributed by atoms with Gasteiger partial charge in [0.2, 0.25) is 0 Å². The van der Waals surface area contributed by atoms with Crippen LogP contribution in [0.1, 0.15) is 26.2 Å². The van der Waals surface area contributed by atoms with E-state index < -0.39 is 0 Å². The molecule has 1 aliphatic rings. The van der Waals surface area contributed by atoms with E-state index >= 15 is 0 Å². The Hall–Kier alpha value is -1.96. The van der Waals surface area contributed by atoms with Gasteiger partial charge in [-0.15, -0.1) is 12.8 Å². The monoisotopic (exact) mass is 381 g/mol. The number of amides is 2. The van der Waals surface area contributed by atoms with Gasteiger partial charge in [-0.25, -0.2) is 4.79 Å². The van der Waals surface area contributed by atoms with Crippen molar-refractivity contribution in [3.05, 3.63) is 45.5 Å². The molecule has 6 heteroatoms. The van der Waals surface area contributed by atoms with Gasteiger partial charge >= 0.3 is 6.03 Å². The van der Waals surface area contributed by atoms with Crippen molar-refractivity contribution in [1.82, 2.24) is 10.6 Å². The molecule has 1 aliphatic carbocycles. The Morgan fingerprint density at radius 3 is 2.60 bits per heavy atom. The third kappa shape index (κ3) is 12.1. The maximum atomic E-state index is 11.7. The number of hydrogen-bond donors (Lipinski definition) is 2. The lowest BCUT2D eigenvalue weighted by Crippen LogP contribution is -2.36. The highest BCUT2D eigenvalue weighted by Crippen LogP contribution is 2.24. The molecule has 0 bridgehead atoms. The molecular formula is C19H25Cl2N3O. The van der Waals surface area contributed by atoms with Gasteiger partial charge in [-0.1, -0.05) is 34.9 Å². The van der Waals surface area contributed by atoms with Crippen LogP contribution in [-0.2, 0) is 0 Å². The zero-order valence-corrected chi connectivity index (χ0v) is 16.2. The Bertz CT molecular complexity index is 599. The number of nitrogens with one attached hydrogen (secondary N) is 2. The van der Waals surface area contributed by atoms with Crippen molar-refractivity contribution in [3.63, 3.8) is 0 Å². The summed E-state index contributed by atoms with van der Waals surface area (Å²) >= 11 is 12.0. The summed E-state index contributed by atoms with van der Waals surface area (Å²) in [4.78, 5) is 15.6. The zero-order chi connectivity index (χ0) is 19.1. The van der Waals surface area contributed by atoms with Gasteiger partial charge in [0.05, 0.1) is 0 Å². The van der Waals surface area contributed by atoms with Gasteiger partial charge in [-0.3, -0.25) is 4.99 Å². The highest BCUT2D eigenvalue weighted by molar-refractivity contribution is 6.34. The number of urea groups is 1. The number of nitrogens with zero attached hydrogens (tertiary/aromatic N) is 1. The van der Waals surface area contributed by atoms with E-state index in [9.17, 15) is 4.79 Å². The number of terminal acetylenes is 1. The molecule has 25 heavy (non-hydrogen) atoms. The molecule has 0 atom stereocenters. The van der Waals surface area contributed by atoms with Crippen LogP contribution >= 0.6 is 23.2 Å². The van der Waals surface area contributed by atoms with Crippen molar-refractivity contribution in [1.29, 1.82) is 0 Å². The van der Waals surface area contributed by atoms with E-state index in [1.54, 1.807) is 13.3 Å². The molecule has 136 valence electrons. The van der Waals surface area contributed by atoms with Gasteiger partial charge in [0.15, 0.2) is 0 Å². The molecule has 0 heterocycles. The molecule has 4 nitrogen and oxygen atoms in total. The maximum Gasteiger partial charge on any atom is 0.314 e. The summed E-state index contributed by atoms with van der Waals surface area (Å²) in [7, 11) is 1.73. The third-order valence-corrected chi connectivity index (χ3v) is 3.67. The molecule has 0 saturated heterocycles. The van der Waals surface area contributed by atoms with Crippen LogP contribution in [0.3, 0.4) is 0 Å². The van der Waals surface area contributed by atoms with Gasteiger partial charge < -0.3 is 10.6 Å². The molecule has 1 rings (SSSR count). The van der Waals surface area contributed by atoms with Gasteiger partial charge in [-0.05, 0) is 43.6 Å². The molecule has 0 aromatic heterocycles. The average molecular weight is 382 g/mol. The molecule has 0 saturated carbocycles. The first-order valence-corrected chi connectivity index (χ1v) is 8.61. The number of hydrogen-bond acceptors (Lipinski definition) is 2. The van der Waals surface area contributed by atoms with E-state index in [0.29, 0.717) is 36.0 Å². The van der Waals surface area contributed by atoms with E-state index in [1.807, 2.05) is 31.2 Å². The fourth-order valence-electron chi connectivity index (χ4n) is 1.91. The molecular weight excluding hydrogens is 357 g/mol. The Morgan fingerprint density at radius 2 is 1.92 bits per heavy atom. The summed E-state index contributed by atoms with van der Waals surface area (Å²) in [5.74, 6) is 0. The van der Waals surface area contributed by atoms with Crippen LogP contribution < -0.4 is 10.6 Å². The lowest BCUT2D eigenvalue weighted by molar-refractivity contribution is 0.241. The molecule has 0 fully saturated rings. The van der Waals surface area contributed by atoms with Crippen LogP contribution in [0.15, 0.2) is 50.5 Å². The van der Waals surface area contributed by atoms with Crippen molar-refractivity contribution in [3.8, 4) is 12.8 Å². The van der Waals surface area contributed by atoms with Crippen molar-refractivity contribution in [2.45, 2.75) is 26.2 Å². The van der Waals surface area contributed by atoms with Gasteiger partial charge in [0.25, 0.3) is 0 Å². The third-order valence-electron chi connectivity index (χ3n) is 3.17.